The summed E-state index contributed by atoms with van der Waals surface area (Å²) in [6, 6.07) is 5.38. The fourth-order valence-electron chi connectivity index (χ4n) is 2.19. The summed E-state index contributed by atoms with van der Waals surface area (Å²) in [5.41, 5.74) is 6.28. The van der Waals surface area contributed by atoms with Crippen molar-refractivity contribution >= 4 is 29.0 Å². The number of aryl methyl sites for hydroxylation is 1. The van der Waals surface area contributed by atoms with E-state index in [-0.39, 0.29) is 11.7 Å². The van der Waals surface area contributed by atoms with Crippen molar-refractivity contribution in [2.45, 2.75) is 26.2 Å². The van der Waals surface area contributed by atoms with Crippen molar-refractivity contribution in [3.63, 3.8) is 0 Å². The minimum atomic E-state index is -0.900. The van der Waals surface area contributed by atoms with Crippen LogP contribution in [0.1, 0.15) is 24.8 Å². The minimum Gasteiger partial charge on any atom is -0.409 e. The molecule has 0 saturated heterocycles. The van der Waals surface area contributed by atoms with Gasteiger partial charge in [-0.15, -0.1) is 0 Å². The van der Waals surface area contributed by atoms with E-state index in [1.807, 2.05) is 13.0 Å². The first-order chi connectivity index (χ1) is 8.99. The number of nitrogens with two attached hydrogens (primary N) is 1. The van der Waals surface area contributed by atoms with Gasteiger partial charge in [0.1, 0.15) is 5.41 Å². The molecule has 0 spiro atoms. The molecule has 0 aliphatic heterocycles. The first-order valence-corrected chi connectivity index (χ1v) is 6.43. The first-order valence-electron chi connectivity index (χ1n) is 6.05. The molecule has 6 heteroatoms. The Hall–Kier alpha value is -1.75. The summed E-state index contributed by atoms with van der Waals surface area (Å²) < 4.78 is 0. The summed E-state index contributed by atoms with van der Waals surface area (Å²) in [5, 5.41) is 15.0. The highest BCUT2D eigenvalue weighted by molar-refractivity contribution is 6.34. The average Bonchev–Trinajstić information content (AvgIpc) is 2.31. The second-order valence-electron chi connectivity index (χ2n) is 4.86. The topological polar surface area (TPSA) is 87.7 Å². The fourth-order valence-corrected chi connectivity index (χ4v) is 2.47. The number of hydrogen-bond acceptors (Lipinski definition) is 3. The van der Waals surface area contributed by atoms with Crippen LogP contribution in [0.2, 0.25) is 5.02 Å². The number of rotatable bonds is 3. The molecule has 0 heterocycles. The molecule has 0 bridgehead atoms. The van der Waals surface area contributed by atoms with Gasteiger partial charge in [-0.25, -0.2) is 0 Å². The second kappa shape index (κ2) is 5.09. The third-order valence-electron chi connectivity index (χ3n) is 3.61. The SMILES string of the molecule is Cc1ccc(NC(=O)C2(/C(N)=N/O)CCC2)c(Cl)c1. The summed E-state index contributed by atoms with van der Waals surface area (Å²) in [5.74, 6) is -0.320. The van der Waals surface area contributed by atoms with Crippen LogP contribution in [0.5, 0.6) is 0 Å². The summed E-state index contributed by atoms with van der Waals surface area (Å²) in [6.07, 6.45) is 2.04. The smallest absolute Gasteiger partial charge is 0.238 e. The molecule has 0 radical (unpaired) electrons. The molecule has 0 atom stereocenters. The Balaban J connectivity index is 2.21. The number of nitrogens with zero attached hydrogens (tertiary/aromatic N) is 1. The Labute approximate surface area is 116 Å². The standard InChI is InChI=1S/C13H16ClN3O2/c1-8-3-4-10(9(14)7-8)16-12(18)13(5-2-6-13)11(15)17-19/h3-4,7,19H,2,5-6H2,1H3,(H2,15,17)(H,16,18). The maximum Gasteiger partial charge on any atom is 0.238 e. The summed E-state index contributed by atoms with van der Waals surface area (Å²) >= 11 is 6.07. The molecule has 0 unspecified atom stereocenters. The Bertz CT molecular complexity index is 539. The predicted molar refractivity (Wildman–Crippen MR) is 74.5 cm³/mol. The average molecular weight is 282 g/mol. The van der Waals surface area contributed by atoms with Gasteiger partial charge >= 0.3 is 0 Å². The quantitative estimate of drug-likeness (QED) is 0.344. The van der Waals surface area contributed by atoms with E-state index < -0.39 is 5.41 Å². The van der Waals surface area contributed by atoms with Crippen molar-refractivity contribution in [3.05, 3.63) is 28.8 Å². The molecule has 4 N–H and O–H groups in total. The maximum absolute atomic E-state index is 12.3. The van der Waals surface area contributed by atoms with Crippen molar-refractivity contribution < 1.29 is 10.0 Å². The van der Waals surface area contributed by atoms with Gasteiger partial charge in [-0.2, -0.15) is 0 Å². The van der Waals surface area contributed by atoms with Crippen LogP contribution in [0.25, 0.3) is 0 Å². The highest BCUT2D eigenvalue weighted by Gasteiger charge is 2.48. The zero-order valence-corrected chi connectivity index (χ0v) is 11.4. The molecule has 102 valence electrons. The number of amidine groups is 1. The van der Waals surface area contributed by atoms with Crippen molar-refractivity contribution in [1.29, 1.82) is 0 Å². The van der Waals surface area contributed by atoms with Gasteiger partial charge in [0.25, 0.3) is 0 Å². The lowest BCUT2D eigenvalue weighted by molar-refractivity contribution is -0.125. The number of hydrogen-bond donors (Lipinski definition) is 3. The molecule has 1 aromatic rings. The molecule has 1 fully saturated rings. The number of oxime groups is 1. The lowest BCUT2D eigenvalue weighted by Crippen LogP contribution is -2.51. The predicted octanol–water partition coefficient (Wildman–Crippen LogP) is 2.50. The van der Waals surface area contributed by atoms with Crippen LogP contribution < -0.4 is 11.1 Å². The van der Waals surface area contributed by atoms with Crippen molar-refractivity contribution in [2.24, 2.45) is 16.3 Å². The Kier molecular flexibility index (Phi) is 3.66. The molecule has 2 rings (SSSR count). The second-order valence-corrected chi connectivity index (χ2v) is 5.27. The van der Waals surface area contributed by atoms with Crippen LogP contribution in [0.3, 0.4) is 0 Å². The van der Waals surface area contributed by atoms with E-state index in [0.717, 1.165) is 12.0 Å². The maximum atomic E-state index is 12.3. The number of carbonyl (C=O) groups excluding carboxylic acids is 1. The number of nitrogens with one attached hydrogen (secondary N) is 1. The van der Waals surface area contributed by atoms with Gasteiger partial charge < -0.3 is 16.3 Å². The number of benzene rings is 1. The minimum absolute atomic E-state index is 0.0421. The van der Waals surface area contributed by atoms with Crippen molar-refractivity contribution in [1.82, 2.24) is 0 Å². The Morgan fingerprint density at radius 2 is 2.21 bits per heavy atom. The number of anilines is 1. The highest BCUT2D eigenvalue weighted by atomic mass is 35.5. The van der Waals surface area contributed by atoms with Gasteiger partial charge in [0, 0.05) is 0 Å². The van der Waals surface area contributed by atoms with Crippen LogP contribution >= 0.6 is 11.6 Å². The third kappa shape index (κ3) is 2.38. The van der Waals surface area contributed by atoms with Gasteiger partial charge in [-0.3, -0.25) is 4.79 Å². The van der Waals surface area contributed by atoms with Gasteiger partial charge in [0.2, 0.25) is 5.91 Å². The normalized spacial score (nSPS) is 17.7. The Morgan fingerprint density at radius 3 is 2.68 bits per heavy atom. The van der Waals surface area contributed by atoms with Crippen LogP contribution in [0, 0.1) is 12.3 Å². The van der Waals surface area contributed by atoms with E-state index in [1.54, 1.807) is 12.1 Å². The number of amides is 1. The molecule has 1 amide bonds. The molecular formula is C13H16ClN3O2. The fraction of sp³-hybridized carbons (Fsp3) is 0.385. The molecule has 0 aromatic heterocycles. The van der Waals surface area contributed by atoms with Gasteiger partial charge in [-0.1, -0.05) is 29.2 Å². The largest absolute Gasteiger partial charge is 0.409 e. The van der Waals surface area contributed by atoms with E-state index in [4.69, 9.17) is 22.5 Å². The number of halogens is 1. The zero-order chi connectivity index (χ0) is 14.0. The van der Waals surface area contributed by atoms with Crippen molar-refractivity contribution in [3.8, 4) is 0 Å². The molecule has 1 aliphatic rings. The van der Waals surface area contributed by atoms with E-state index in [0.29, 0.717) is 23.6 Å². The monoisotopic (exact) mass is 281 g/mol. The molecule has 1 aliphatic carbocycles. The molecule has 19 heavy (non-hydrogen) atoms. The molecular weight excluding hydrogens is 266 g/mol. The zero-order valence-electron chi connectivity index (χ0n) is 10.6. The van der Waals surface area contributed by atoms with Gasteiger partial charge in [0.15, 0.2) is 5.84 Å². The van der Waals surface area contributed by atoms with Crippen LogP contribution in [-0.4, -0.2) is 17.0 Å². The summed E-state index contributed by atoms with van der Waals surface area (Å²) in [6.45, 7) is 1.92. The van der Waals surface area contributed by atoms with E-state index in [2.05, 4.69) is 10.5 Å². The highest BCUT2D eigenvalue weighted by Crippen LogP contribution is 2.42. The van der Waals surface area contributed by atoms with E-state index in [9.17, 15) is 4.79 Å². The van der Waals surface area contributed by atoms with Gasteiger partial charge in [0.05, 0.1) is 10.7 Å². The molecule has 5 nitrogen and oxygen atoms in total. The first kappa shape index (κ1) is 13.7. The lowest BCUT2D eigenvalue weighted by atomic mass is 9.67. The van der Waals surface area contributed by atoms with Crippen LogP contribution in [0.15, 0.2) is 23.4 Å². The third-order valence-corrected chi connectivity index (χ3v) is 3.93. The molecule has 1 saturated carbocycles. The van der Waals surface area contributed by atoms with E-state index in [1.165, 1.54) is 0 Å². The Morgan fingerprint density at radius 1 is 1.53 bits per heavy atom. The molecule has 1 aromatic carbocycles. The van der Waals surface area contributed by atoms with Crippen LogP contribution in [0.4, 0.5) is 5.69 Å². The lowest BCUT2D eigenvalue weighted by Gasteiger charge is -2.38. The van der Waals surface area contributed by atoms with Gasteiger partial charge in [-0.05, 0) is 37.5 Å². The summed E-state index contributed by atoms with van der Waals surface area (Å²) in [4.78, 5) is 12.3. The van der Waals surface area contributed by atoms with Crippen molar-refractivity contribution in [2.75, 3.05) is 5.32 Å². The van der Waals surface area contributed by atoms with Crippen LogP contribution in [-0.2, 0) is 4.79 Å². The number of carbonyl (C=O) groups is 1. The van der Waals surface area contributed by atoms with E-state index >= 15 is 0 Å². The summed E-state index contributed by atoms with van der Waals surface area (Å²) in [7, 11) is 0.